The van der Waals surface area contributed by atoms with E-state index < -0.39 is 0 Å². The molecule has 0 saturated heterocycles. The Kier molecular flexibility index (Phi) is 6.21. The fraction of sp³-hybridized carbons (Fsp3) is 0.500. The molecule has 1 fully saturated rings. The molecule has 1 aliphatic carbocycles. The number of fused-ring (bicyclic) bond motifs is 3. The number of aromatic nitrogens is 4. The van der Waals surface area contributed by atoms with Gasteiger partial charge in [0.15, 0.2) is 5.82 Å². The summed E-state index contributed by atoms with van der Waals surface area (Å²) < 4.78 is 4.77. The number of rotatable bonds is 5. The number of anilines is 1. The van der Waals surface area contributed by atoms with Crippen LogP contribution in [-0.4, -0.2) is 25.1 Å². The summed E-state index contributed by atoms with van der Waals surface area (Å²) in [5, 5.41) is 3.59. The van der Waals surface area contributed by atoms with Crippen LogP contribution < -0.4 is 11.0 Å². The molecular weight excluding hydrogens is 466 g/mol. The van der Waals surface area contributed by atoms with E-state index >= 15 is 0 Å². The SMILES string of the molecule is CCCn1c2nc(C3CCCC3)nc-2c2n(c1=O)CC(Cc1cccc(Br)c1)N2.Cl. The topological polar surface area (TPSA) is 64.7 Å². The Bertz CT molecular complexity index is 1070. The van der Waals surface area contributed by atoms with Crippen molar-refractivity contribution in [2.75, 3.05) is 5.32 Å². The zero-order valence-electron chi connectivity index (χ0n) is 17.1. The molecule has 4 aliphatic rings. The van der Waals surface area contributed by atoms with E-state index in [1.165, 1.54) is 18.4 Å². The molecule has 1 aromatic rings. The van der Waals surface area contributed by atoms with Crippen LogP contribution in [0.1, 0.15) is 56.3 Å². The first-order valence-electron chi connectivity index (χ1n) is 10.7. The quantitative estimate of drug-likeness (QED) is 0.554. The van der Waals surface area contributed by atoms with Gasteiger partial charge in [-0.3, -0.25) is 9.13 Å². The highest BCUT2D eigenvalue weighted by molar-refractivity contribution is 9.10. The van der Waals surface area contributed by atoms with Crippen molar-refractivity contribution in [3.8, 4) is 11.5 Å². The molecule has 5 rings (SSSR count). The van der Waals surface area contributed by atoms with E-state index in [4.69, 9.17) is 9.97 Å². The number of nitrogens with zero attached hydrogens (tertiary/aromatic N) is 4. The average Bonchev–Trinajstić information content (AvgIpc) is 3.43. The molecule has 1 unspecified atom stereocenters. The summed E-state index contributed by atoms with van der Waals surface area (Å²) in [5.41, 5.74) is 2.13. The predicted octanol–water partition coefficient (Wildman–Crippen LogP) is 4.83. The fourth-order valence-electron chi connectivity index (χ4n) is 4.79. The predicted molar refractivity (Wildman–Crippen MR) is 125 cm³/mol. The highest BCUT2D eigenvalue weighted by Crippen LogP contribution is 2.37. The van der Waals surface area contributed by atoms with Crippen molar-refractivity contribution < 1.29 is 0 Å². The Labute approximate surface area is 191 Å². The van der Waals surface area contributed by atoms with Gasteiger partial charge in [0.1, 0.15) is 17.3 Å². The van der Waals surface area contributed by atoms with E-state index in [1.54, 1.807) is 0 Å². The highest BCUT2D eigenvalue weighted by atomic mass is 79.9. The van der Waals surface area contributed by atoms with Crippen molar-refractivity contribution in [3.63, 3.8) is 0 Å². The van der Waals surface area contributed by atoms with E-state index in [2.05, 4.69) is 46.4 Å². The molecule has 3 heterocycles. The van der Waals surface area contributed by atoms with Crippen LogP contribution in [0.25, 0.3) is 11.5 Å². The normalized spacial score (nSPS) is 18.4. The van der Waals surface area contributed by atoms with Gasteiger partial charge in [-0.1, -0.05) is 47.8 Å². The van der Waals surface area contributed by atoms with Gasteiger partial charge < -0.3 is 5.32 Å². The zero-order chi connectivity index (χ0) is 20.0. The van der Waals surface area contributed by atoms with Crippen LogP contribution in [0.3, 0.4) is 0 Å². The Morgan fingerprint density at radius 2 is 2.03 bits per heavy atom. The zero-order valence-corrected chi connectivity index (χ0v) is 19.5. The Morgan fingerprint density at radius 1 is 1.23 bits per heavy atom. The molecule has 160 valence electrons. The molecule has 6 nitrogen and oxygen atoms in total. The smallest absolute Gasteiger partial charge is 0.331 e. The van der Waals surface area contributed by atoms with Gasteiger partial charge in [-0.2, -0.15) is 0 Å². The van der Waals surface area contributed by atoms with Crippen LogP contribution in [-0.2, 0) is 19.5 Å². The molecular formula is C22H27BrClN5O. The number of hydrogen-bond donors (Lipinski definition) is 1. The van der Waals surface area contributed by atoms with E-state index in [0.717, 1.165) is 53.3 Å². The monoisotopic (exact) mass is 491 g/mol. The maximum Gasteiger partial charge on any atom is 0.331 e. The third-order valence-electron chi connectivity index (χ3n) is 6.15. The number of benzene rings is 1. The summed E-state index contributed by atoms with van der Waals surface area (Å²) >= 11 is 3.55. The summed E-state index contributed by atoms with van der Waals surface area (Å²) in [4.78, 5) is 23.1. The molecule has 1 saturated carbocycles. The second-order valence-electron chi connectivity index (χ2n) is 8.30. The largest absolute Gasteiger partial charge is 0.365 e. The van der Waals surface area contributed by atoms with Crippen LogP contribution in [0.2, 0.25) is 0 Å². The lowest BCUT2D eigenvalue weighted by Gasteiger charge is -2.13. The van der Waals surface area contributed by atoms with E-state index in [-0.39, 0.29) is 24.1 Å². The van der Waals surface area contributed by atoms with Gasteiger partial charge in [0.25, 0.3) is 0 Å². The average molecular weight is 493 g/mol. The lowest BCUT2D eigenvalue weighted by atomic mass is 10.1. The molecule has 0 radical (unpaired) electrons. The molecule has 0 bridgehead atoms. The Balaban J connectivity index is 0.00000218. The Morgan fingerprint density at radius 3 is 2.77 bits per heavy atom. The molecule has 0 spiro atoms. The van der Waals surface area contributed by atoms with Gasteiger partial charge in [-0.05, 0) is 43.4 Å². The molecule has 0 aromatic heterocycles. The van der Waals surface area contributed by atoms with Crippen molar-refractivity contribution in [2.45, 2.75) is 70.5 Å². The molecule has 30 heavy (non-hydrogen) atoms. The van der Waals surface area contributed by atoms with Gasteiger partial charge >= 0.3 is 5.69 Å². The van der Waals surface area contributed by atoms with E-state index in [0.29, 0.717) is 19.0 Å². The highest BCUT2D eigenvalue weighted by Gasteiger charge is 2.33. The lowest BCUT2D eigenvalue weighted by molar-refractivity contribution is 0.560. The molecule has 8 heteroatoms. The second kappa shape index (κ2) is 8.71. The van der Waals surface area contributed by atoms with Gasteiger partial charge in [-0.15, -0.1) is 12.4 Å². The van der Waals surface area contributed by atoms with Crippen LogP contribution in [0.4, 0.5) is 5.82 Å². The summed E-state index contributed by atoms with van der Waals surface area (Å²) in [5.74, 6) is 2.95. The van der Waals surface area contributed by atoms with Gasteiger partial charge in [-0.25, -0.2) is 14.8 Å². The first kappa shape index (κ1) is 21.4. The number of imidazole rings is 1. The van der Waals surface area contributed by atoms with Crippen molar-refractivity contribution in [1.82, 2.24) is 19.1 Å². The van der Waals surface area contributed by atoms with E-state index in [9.17, 15) is 4.79 Å². The summed E-state index contributed by atoms with van der Waals surface area (Å²) in [7, 11) is 0. The summed E-state index contributed by atoms with van der Waals surface area (Å²) in [6, 6.07) is 8.53. The number of nitrogens with one attached hydrogen (secondary N) is 1. The van der Waals surface area contributed by atoms with Crippen molar-refractivity contribution in [1.29, 1.82) is 0 Å². The molecule has 1 N–H and O–H groups in total. The fourth-order valence-corrected chi connectivity index (χ4v) is 5.24. The third kappa shape index (κ3) is 3.78. The summed E-state index contributed by atoms with van der Waals surface area (Å²) in [6.45, 7) is 3.43. The maximum atomic E-state index is 13.3. The van der Waals surface area contributed by atoms with Crippen LogP contribution >= 0.6 is 28.3 Å². The standard InChI is InChI=1S/C22H26BrN5O.ClH/c1-2-10-27-21-18(25-19(26-21)15-7-3-4-8-15)20-24-17(13-28(20)22(27)29)12-14-6-5-9-16(23)11-14;/h5-6,9,11,15,17,24H,2-4,7-8,10,12-13H2,1H3;1H. The Hall–Kier alpha value is -1.86. The minimum absolute atomic E-state index is 0. The number of hydrogen-bond acceptors (Lipinski definition) is 4. The van der Waals surface area contributed by atoms with Crippen LogP contribution in [0, 0.1) is 0 Å². The van der Waals surface area contributed by atoms with Crippen molar-refractivity contribution in [3.05, 3.63) is 50.6 Å². The number of halogens is 2. The van der Waals surface area contributed by atoms with Crippen molar-refractivity contribution >= 4 is 34.2 Å². The van der Waals surface area contributed by atoms with Gasteiger partial charge in [0.2, 0.25) is 0 Å². The third-order valence-corrected chi connectivity index (χ3v) is 6.65. The first-order chi connectivity index (χ1) is 14.1. The molecule has 3 aliphatic heterocycles. The molecule has 0 amide bonds. The van der Waals surface area contributed by atoms with Crippen molar-refractivity contribution in [2.24, 2.45) is 0 Å². The minimum Gasteiger partial charge on any atom is -0.365 e. The maximum absolute atomic E-state index is 13.3. The van der Waals surface area contributed by atoms with Crippen LogP contribution in [0.5, 0.6) is 0 Å². The molecule has 1 atom stereocenters. The molecule has 1 aromatic carbocycles. The second-order valence-corrected chi connectivity index (χ2v) is 9.22. The van der Waals surface area contributed by atoms with E-state index in [1.807, 2.05) is 15.2 Å². The lowest BCUT2D eigenvalue weighted by Crippen LogP contribution is -2.32. The minimum atomic E-state index is 0. The van der Waals surface area contributed by atoms with Crippen LogP contribution in [0.15, 0.2) is 33.5 Å². The first-order valence-corrected chi connectivity index (χ1v) is 11.4. The van der Waals surface area contributed by atoms with Gasteiger partial charge in [0, 0.05) is 29.5 Å². The van der Waals surface area contributed by atoms with Gasteiger partial charge in [0.05, 0.1) is 0 Å². The summed E-state index contributed by atoms with van der Waals surface area (Å²) in [6.07, 6.45) is 6.56.